The number of nitrogens with one attached hydrogen (secondary N) is 1. The van der Waals surface area contributed by atoms with Crippen LogP contribution in [0.15, 0.2) is 22.7 Å². The second-order valence-electron chi connectivity index (χ2n) is 6.02. The van der Waals surface area contributed by atoms with Crippen LogP contribution in [0.3, 0.4) is 0 Å². The Hall–Kier alpha value is -1.99. The van der Waals surface area contributed by atoms with Crippen LogP contribution in [0.4, 0.5) is 5.82 Å². The minimum absolute atomic E-state index is 0.00421. The average molecular weight is 350 g/mol. The van der Waals surface area contributed by atoms with Crippen molar-refractivity contribution in [1.29, 1.82) is 0 Å². The number of anilines is 1. The fourth-order valence-electron chi connectivity index (χ4n) is 2.89. The van der Waals surface area contributed by atoms with Crippen LogP contribution in [0.25, 0.3) is 0 Å². The van der Waals surface area contributed by atoms with E-state index in [9.17, 15) is 4.79 Å². The number of carbonyl (C=O) groups is 1. The van der Waals surface area contributed by atoms with E-state index in [-0.39, 0.29) is 17.9 Å². The Morgan fingerprint density at radius 2 is 2.29 bits per heavy atom. The molecule has 0 aromatic carbocycles. The summed E-state index contributed by atoms with van der Waals surface area (Å²) in [6.07, 6.45) is 3.32. The van der Waals surface area contributed by atoms with Crippen molar-refractivity contribution in [2.45, 2.75) is 32.7 Å². The molecule has 2 aromatic rings. The molecule has 2 aromatic heterocycles. The van der Waals surface area contributed by atoms with Crippen LogP contribution in [0, 0.1) is 12.8 Å². The van der Waals surface area contributed by atoms with Gasteiger partial charge in [0.1, 0.15) is 5.82 Å². The van der Waals surface area contributed by atoms with Crippen LogP contribution in [0.1, 0.15) is 37.6 Å². The molecule has 0 saturated carbocycles. The predicted octanol–water partition coefficient (Wildman–Crippen LogP) is 2.84. The molecule has 0 radical (unpaired) electrons. The smallest absolute Gasteiger partial charge is 0.233 e. The Labute approximate surface area is 145 Å². The van der Waals surface area contributed by atoms with Crippen molar-refractivity contribution < 1.29 is 9.21 Å². The Bertz CT molecular complexity index is 703. The number of halogens is 1. The summed E-state index contributed by atoms with van der Waals surface area (Å²) in [6.45, 7) is 5.36. The van der Waals surface area contributed by atoms with Gasteiger partial charge in [0.05, 0.1) is 17.0 Å². The predicted molar refractivity (Wildman–Crippen MR) is 89.6 cm³/mol. The molecule has 2 unspecified atom stereocenters. The molecular formula is C16H20ClN5O2. The Morgan fingerprint density at radius 1 is 1.46 bits per heavy atom. The molecule has 0 bridgehead atoms. The second kappa shape index (κ2) is 7.27. The van der Waals surface area contributed by atoms with Gasteiger partial charge in [-0.05, 0) is 38.4 Å². The topological polar surface area (TPSA) is 84.2 Å². The van der Waals surface area contributed by atoms with Gasteiger partial charge in [-0.1, -0.05) is 11.6 Å². The van der Waals surface area contributed by atoms with E-state index >= 15 is 0 Å². The van der Waals surface area contributed by atoms with Crippen LogP contribution in [0.2, 0.25) is 5.02 Å². The van der Waals surface area contributed by atoms with Crippen molar-refractivity contribution >= 4 is 23.3 Å². The average Bonchev–Trinajstić information content (AvgIpc) is 3.03. The Morgan fingerprint density at radius 3 is 2.96 bits per heavy atom. The highest BCUT2D eigenvalue weighted by atomic mass is 35.5. The Balaban J connectivity index is 1.62. The number of nitrogens with zero attached hydrogens (tertiary/aromatic N) is 4. The molecule has 8 heteroatoms. The lowest BCUT2D eigenvalue weighted by atomic mass is 9.96. The maximum atomic E-state index is 12.5. The summed E-state index contributed by atoms with van der Waals surface area (Å²) >= 11 is 5.81. The lowest BCUT2D eigenvalue weighted by Gasteiger charge is -2.34. The number of hydrogen-bond acceptors (Lipinski definition) is 6. The molecule has 1 aliphatic heterocycles. The van der Waals surface area contributed by atoms with Crippen molar-refractivity contribution in [3.8, 4) is 0 Å². The highest BCUT2D eigenvalue weighted by Crippen LogP contribution is 2.26. The number of rotatable bonds is 4. The molecule has 1 amide bonds. The van der Waals surface area contributed by atoms with Gasteiger partial charge in [-0.15, -0.1) is 10.2 Å². The van der Waals surface area contributed by atoms with Gasteiger partial charge < -0.3 is 9.73 Å². The number of amides is 1. The first-order valence-electron chi connectivity index (χ1n) is 7.99. The van der Waals surface area contributed by atoms with Crippen LogP contribution < -0.4 is 5.32 Å². The lowest BCUT2D eigenvalue weighted by molar-refractivity contribution is -0.121. The van der Waals surface area contributed by atoms with Crippen molar-refractivity contribution in [3.05, 3.63) is 35.1 Å². The van der Waals surface area contributed by atoms with E-state index in [4.69, 9.17) is 16.0 Å². The van der Waals surface area contributed by atoms with Gasteiger partial charge in [0.15, 0.2) is 0 Å². The molecule has 0 aliphatic carbocycles. The van der Waals surface area contributed by atoms with E-state index < -0.39 is 0 Å². The number of piperidine rings is 1. The minimum Gasteiger partial charge on any atom is -0.424 e. The molecule has 1 fully saturated rings. The van der Waals surface area contributed by atoms with Gasteiger partial charge in [-0.3, -0.25) is 9.69 Å². The third-order valence-corrected chi connectivity index (χ3v) is 4.47. The van der Waals surface area contributed by atoms with E-state index in [1.165, 1.54) is 6.20 Å². The maximum Gasteiger partial charge on any atom is 0.233 e. The summed E-state index contributed by atoms with van der Waals surface area (Å²) in [5.41, 5.74) is 0. The maximum absolute atomic E-state index is 12.5. The van der Waals surface area contributed by atoms with E-state index in [0.717, 1.165) is 19.4 Å². The van der Waals surface area contributed by atoms with Crippen LogP contribution in [-0.2, 0) is 4.79 Å². The van der Waals surface area contributed by atoms with Gasteiger partial charge in [0.2, 0.25) is 17.7 Å². The number of carbonyl (C=O) groups excluding carboxylic acids is 1. The SMILES string of the molecule is Cc1nnc(C(C)N2CCCC(C(=O)Nc3ccc(Cl)cn3)C2)o1. The van der Waals surface area contributed by atoms with E-state index in [1.54, 1.807) is 19.1 Å². The molecule has 1 saturated heterocycles. The number of pyridine rings is 1. The molecule has 0 spiro atoms. The molecule has 3 heterocycles. The normalized spacial score (nSPS) is 19.9. The van der Waals surface area contributed by atoms with Crippen LogP contribution >= 0.6 is 11.6 Å². The summed E-state index contributed by atoms with van der Waals surface area (Å²) in [6, 6.07) is 3.40. The second-order valence-corrected chi connectivity index (χ2v) is 6.46. The van der Waals surface area contributed by atoms with Gasteiger partial charge in [0.25, 0.3) is 0 Å². The van der Waals surface area contributed by atoms with E-state index in [1.807, 2.05) is 6.92 Å². The first kappa shape index (κ1) is 16.9. The zero-order valence-corrected chi connectivity index (χ0v) is 14.5. The quantitative estimate of drug-likeness (QED) is 0.913. The van der Waals surface area contributed by atoms with Crippen molar-refractivity contribution in [1.82, 2.24) is 20.1 Å². The van der Waals surface area contributed by atoms with Gasteiger partial charge in [-0.25, -0.2) is 4.98 Å². The molecule has 1 N–H and O–H groups in total. The molecule has 3 rings (SSSR count). The lowest BCUT2D eigenvalue weighted by Crippen LogP contribution is -2.42. The van der Waals surface area contributed by atoms with Crippen molar-refractivity contribution in [2.24, 2.45) is 5.92 Å². The third kappa shape index (κ3) is 3.91. The largest absolute Gasteiger partial charge is 0.424 e. The summed E-state index contributed by atoms with van der Waals surface area (Å²) < 4.78 is 5.51. The summed E-state index contributed by atoms with van der Waals surface area (Å²) in [5.74, 6) is 1.54. The third-order valence-electron chi connectivity index (χ3n) is 4.25. The highest BCUT2D eigenvalue weighted by Gasteiger charge is 2.30. The van der Waals surface area contributed by atoms with Crippen LogP contribution in [0.5, 0.6) is 0 Å². The molecule has 7 nitrogen and oxygen atoms in total. The standard InChI is InChI=1S/C16H20ClN5O2/c1-10(16-21-20-11(2)24-16)22-7-3-4-12(9-22)15(23)19-14-6-5-13(17)8-18-14/h5-6,8,10,12H,3-4,7,9H2,1-2H3,(H,18,19,23). The van der Waals surface area contributed by atoms with Crippen LogP contribution in [-0.4, -0.2) is 39.1 Å². The van der Waals surface area contributed by atoms with E-state index in [0.29, 0.717) is 29.2 Å². The molecule has 1 aliphatic rings. The number of aromatic nitrogens is 3. The fourth-order valence-corrected chi connectivity index (χ4v) is 3.00. The van der Waals surface area contributed by atoms with Crippen molar-refractivity contribution in [2.75, 3.05) is 18.4 Å². The number of likely N-dealkylation sites (tertiary alicyclic amines) is 1. The molecular weight excluding hydrogens is 330 g/mol. The summed E-state index contributed by atoms with van der Waals surface area (Å²) in [4.78, 5) is 18.8. The Kier molecular flexibility index (Phi) is 5.11. The number of aryl methyl sites for hydroxylation is 1. The molecule has 2 atom stereocenters. The number of hydrogen-bond donors (Lipinski definition) is 1. The minimum atomic E-state index is -0.0947. The zero-order valence-electron chi connectivity index (χ0n) is 13.7. The van der Waals surface area contributed by atoms with Gasteiger partial charge in [-0.2, -0.15) is 0 Å². The fraction of sp³-hybridized carbons (Fsp3) is 0.500. The molecule has 24 heavy (non-hydrogen) atoms. The highest BCUT2D eigenvalue weighted by molar-refractivity contribution is 6.30. The molecule has 128 valence electrons. The summed E-state index contributed by atoms with van der Waals surface area (Å²) in [5, 5.41) is 11.4. The van der Waals surface area contributed by atoms with Gasteiger partial charge in [0, 0.05) is 19.7 Å². The van der Waals surface area contributed by atoms with Crippen molar-refractivity contribution in [3.63, 3.8) is 0 Å². The van der Waals surface area contributed by atoms with E-state index in [2.05, 4.69) is 25.4 Å². The van der Waals surface area contributed by atoms with Gasteiger partial charge >= 0.3 is 0 Å². The first-order valence-corrected chi connectivity index (χ1v) is 8.37. The zero-order chi connectivity index (χ0) is 17.1. The first-order chi connectivity index (χ1) is 11.5. The monoisotopic (exact) mass is 349 g/mol. The summed E-state index contributed by atoms with van der Waals surface area (Å²) in [7, 11) is 0.